The van der Waals surface area contributed by atoms with Crippen molar-refractivity contribution < 1.29 is 19.2 Å². The lowest BCUT2D eigenvalue weighted by Gasteiger charge is -2.28. The number of aromatic nitrogens is 2. The first-order valence-electron chi connectivity index (χ1n) is 8.18. The predicted molar refractivity (Wildman–Crippen MR) is 84.9 cm³/mol. The molecule has 2 aliphatic rings. The van der Waals surface area contributed by atoms with Crippen molar-refractivity contribution in [3.05, 3.63) is 18.2 Å². The van der Waals surface area contributed by atoms with Crippen LogP contribution in [0, 0.1) is 0 Å². The van der Waals surface area contributed by atoms with Gasteiger partial charge in [-0.05, 0) is 19.4 Å². The number of carbonyl (C=O) groups is 4. The van der Waals surface area contributed by atoms with Gasteiger partial charge in [-0.2, -0.15) is 0 Å². The van der Waals surface area contributed by atoms with Gasteiger partial charge >= 0.3 is 0 Å². The molecule has 0 aliphatic carbocycles. The number of nitrogens with zero attached hydrogens (tertiary/aromatic N) is 1. The van der Waals surface area contributed by atoms with Gasteiger partial charge in [0.15, 0.2) is 0 Å². The summed E-state index contributed by atoms with van der Waals surface area (Å²) in [5.41, 5.74) is 0.643. The highest BCUT2D eigenvalue weighted by Gasteiger charge is 2.35. The molecule has 10 nitrogen and oxygen atoms in total. The van der Waals surface area contributed by atoms with Crippen LogP contribution in [-0.2, 0) is 25.6 Å². The fraction of sp³-hybridized carbons (Fsp3) is 0.533. The number of hydrogen-bond acceptors (Lipinski definition) is 6. The second kappa shape index (κ2) is 7.43. The molecule has 5 N–H and O–H groups in total. The van der Waals surface area contributed by atoms with E-state index in [1.807, 2.05) is 0 Å². The second-order valence-electron chi connectivity index (χ2n) is 6.17. The van der Waals surface area contributed by atoms with Crippen molar-refractivity contribution in [3.8, 4) is 0 Å². The molecule has 0 radical (unpaired) electrons. The van der Waals surface area contributed by atoms with Crippen LogP contribution in [-0.4, -0.2) is 58.3 Å². The third-order valence-electron chi connectivity index (χ3n) is 4.28. The first kappa shape index (κ1) is 17.1. The number of imidazole rings is 1. The van der Waals surface area contributed by atoms with Crippen LogP contribution in [0.1, 0.15) is 25.0 Å². The van der Waals surface area contributed by atoms with Crippen molar-refractivity contribution in [1.29, 1.82) is 0 Å². The highest BCUT2D eigenvalue weighted by Crippen LogP contribution is 2.07. The van der Waals surface area contributed by atoms with Gasteiger partial charge in [0.1, 0.15) is 12.1 Å². The van der Waals surface area contributed by atoms with E-state index in [4.69, 9.17) is 0 Å². The van der Waals surface area contributed by atoms with Crippen molar-refractivity contribution in [3.63, 3.8) is 0 Å². The fourth-order valence-corrected chi connectivity index (χ4v) is 2.82. The molecule has 4 amide bonds. The van der Waals surface area contributed by atoms with E-state index in [0.717, 1.165) is 13.0 Å². The zero-order chi connectivity index (χ0) is 17.8. The van der Waals surface area contributed by atoms with E-state index in [2.05, 4.69) is 31.2 Å². The summed E-state index contributed by atoms with van der Waals surface area (Å²) < 4.78 is 0. The van der Waals surface area contributed by atoms with E-state index in [1.165, 1.54) is 12.5 Å². The number of hydrogen-bond donors (Lipinski definition) is 5. The van der Waals surface area contributed by atoms with Crippen molar-refractivity contribution in [2.24, 2.45) is 0 Å². The number of imide groups is 1. The molecule has 2 fully saturated rings. The Kier molecular flexibility index (Phi) is 5.08. The molecule has 2 aliphatic heterocycles. The van der Waals surface area contributed by atoms with E-state index in [9.17, 15) is 19.2 Å². The normalized spacial score (nSPS) is 23.3. The summed E-state index contributed by atoms with van der Waals surface area (Å²) in [6.45, 7) is 0.738. The quantitative estimate of drug-likeness (QED) is 0.366. The molecule has 1 aromatic rings. The summed E-state index contributed by atoms with van der Waals surface area (Å²) in [7, 11) is 0. The smallest absolute Gasteiger partial charge is 0.249 e. The molecule has 2 saturated heterocycles. The molecule has 3 rings (SSSR count). The van der Waals surface area contributed by atoms with Crippen LogP contribution >= 0.6 is 0 Å². The first-order chi connectivity index (χ1) is 12.0. The Labute approximate surface area is 143 Å². The molecule has 0 saturated carbocycles. The van der Waals surface area contributed by atoms with Gasteiger partial charge in [-0.15, -0.1) is 0 Å². The lowest BCUT2D eigenvalue weighted by Crippen LogP contribution is -2.61. The van der Waals surface area contributed by atoms with E-state index in [-0.39, 0.29) is 18.7 Å². The van der Waals surface area contributed by atoms with Gasteiger partial charge in [-0.1, -0.05) is 0 Å². The maximum absolute atomic E-state index is 12.5. The zero-order valence-corrected chi connectivity index (χ0v) is 13.5. The topological polar surface area (TPSA) is 145 Å². The monoisotopic (exact) mass is 348 g/mol. The number of carbonyl (C=O) groups excluding carboxylic acids is 4. The Balaban J connectivity index is 1.62. The van der Waals surface area contributed by atoms with Crippen LogP contribution in [0.5, 0.6) is 0 Å². The summed E-state index contributed by atoms with van der Waals surface area (Å²) in [5.74, 6) is -1.65. The largest absolute Gasteiger partial charge is 0.348 e. The third kappa shape index (κ3) is 4.21. The Morgan fingerprint density at radius 1 is 1.28 bits per heavy atom. The lowest BCUT2D eigenvalue weighted by molar-refractivity contribution is -0.139. The minimum absolute atomic E-state index is 0.0924. The number of amides is 4. The number of aromatic amines is 1. The fourth-order valence-electron chi connectivity index (χ4n) is 2.82. The van der Waals surface area contributed by atoms with Crippen LogP contribution in [0.15, 0.2) is 12.5 Å². The Hall–Kier alpha value is -2.75. The molecule has 3 heterocycles. The average Bonchev–Trinajstić information content (AvgIpc) is 3.24. The van der Waals surface area contributed by atoms with E-state index < -0.39 is 35.8 Å². The first-order valence-corrected chi connectivity index (χ1v) is 8.18. The van der Waals surface area contributed by atoms with Crippen molar-refractivity contribution in [2.75, 3.05) is 6.54 Å². The van der Waals surface area contributed by atoms with Crippen molar-refractivity contribution in [2.45, 2.75) is 43.8 Å². The van der Waals surface area contributed by atoms with Gasteiger partial charge in [-0.3, -0.25) is 24.5 Å². The molecule has 25 heavy (non-hydrogen) atoms. The van der Waals surface area contributed by atoms with Gasteiger partial charge in [0.25, 0.3) is 0 Å². The van der Waals surface area contributed by atoms with Gasteiger partial charge in [0.05, 0.1) is 18.8 Å². The van der Waals surface area contributed by atoms with Crippen LogP contribution in [0.25, 0.3) is 0 Å². The van der Waals surface area contributed by atoms with Gasteiger partial charge in [0.2, 0.25) is 23.6 Å². The van der Waals surface area contributed by atoms with E-state index in [1.54, 1.807) is 0 Å². The van der Waals surface area contributed by atoms with E-state index in [0.29, 0.717) is 12.1 Å². The van der Waals surface area contributed by atoms with Gasteiger partial charge in [-0.25, -0.2) is 4.98 Å². The Morgan fingerprint density at radius 2 is 2.08 bits per heavy atom. The summed E-state index contributed by atoms with van der Waals surface area (Å²) in [5, 5.41) is 10.4. The second-order valence-corrected chi connectivity index (χ2v) is 6.17. The maximum Gasteiger partial charge on any atom is 0.249 e. The molecule has 0 aromatic carbocycles. The van der Waals surface area contributed by atoms with Gasteiger partial charge in [0, 0.05) is 18.3 Å². The predicted octanol–water partition coefficient (Wildman–Crippen LogP) is -2.28. The molecule has 0 spiro atoms. The highest BCUT2D eigenvalue weighted by atomic mass is 16.2. The Morgan fingerprint density at radius 3 is 2.68 bits per heavy atom. The Bertz CT molecular complexity index is 660. The molecule has 0 bridgehead atoms. The molecule has 1 unspecified atom stereocenters. The molecule has 1 aromatic heterocycles. The summed E-state index contributed by atoms with van der Waals surface area (Å²) in [6, 6.07) is -1.98. The minimum atomic E-state index is -0.948. The van der Waals surface area contributed by atoms with Crippen LogP contribution < -0.4 is 21.3 Å². The van der Waals surface area contributed by atoms with Crippen molar-refractivity contribution >= 4 is 23.6 Å². The molecule has 10 heteroatoms. The van der Waals surface area contributed by atoms with Crippen LogP contribution in [0.4, 0.5) is 0 Å². The number of H-pyrrole nitrogens is 1. The third-order valence-corrected chi connectivity index (χ3v) is 4.28. The van der Waals surface area contributed by atoms with Gasteiger partial charge < -0.3 is 20.9 Å². The van der Waals surface area contributed by atoms with Crippen LogP contribution in [0.2, 0.25) is 0 Å². The molecular weight excluding hydrogens is 328 g/mol. The summed E-state index contributed by atoms with van der Waals surface area (Å²) >= 11 is 0. The number of β-lactam (4-membered cyclic amide) rings is 1. The average molecular weight is 348 g/mol. The number of rotatable bonds is 6. The molecule has 134 valence electrons. The minimum Gasteiger partial charge on any atom is -0.348 e. The van der Waals surface area contributed by atoms with Crippen molar-refractivity contribution in [1.82, 2.24) is 31.2 Å². The SMILES string of the molecule is O=C1CC(C(=O)N[C@@H](Cc2cnc[nH]2)C(=O)NC(=O)[C@@H]2CCCN2)N1. The summed E-state index contributed by atoms with van der Waals surface area (Å²) in [6.07, 6.45) is 4.80. The standard InChI is InChI=1S/C15H20N6O4/c22-12-5-11(19-12)14(24)20-10(4-8-6-16-7-18-8)15(25)21-13(23)9-2-1-3-17-9/h6-7,9-11,17H,1-5H2,(H,16,18)(H,19,22)(H,20,24)(H,21,23,25)/t9-,10-,11?/m0/s1. The van der Waals surface area contributed by atoms with E-state index >= 15 is 0 Å². The maximum atomic E-state index is 12.5. The molecule has 3 atom stereocenters. The molecular formula is C15H20N6O4. The van der Waals surface area contributed by atoms with Crippen LogP contribution in [0.3, 0.4) is 0 Å². The summed E-state index contributed by atoms with van der Waals surface area (Å²) in [4.78, 5) is 54.4. The lowest BCUT2D eigenvalue weighted by atomic mass is 10.0. The zero-order valence-electron chi connectivity index (χ0n) is 13.5. The highest BCUT2D eigenvalue weighted by molar-refractivity contribution is 6.03. The number of nitrogens with one attached hydrogen (secondary N) is 5.